The standard InChI is InChI=1S/C18H30O2/c1-13(2)6-7-18-16(19)9-14(3,4)8-15(5,11-16)12-17(18,10-13)20-18/h19H,6-12H2,1-5H3/t15-,16-,17+,18-/m0/s1. The van der Waals surface area contributed by atoms with Crippen molar-refractivity contribution in [1.82, 2.24) is 0 Å². The Morgan fingerprint density at radius 2 is 1.45 bits per heavy atom. The van der Waals surface area contributed by atoms with E-state index in [1.807, 2.05) is 0 Å². The molecule has 1 N–H and O–H groups in total. The second-order valence-electron chi connectivity index (χ2n) is 10.5. The summed E-state index contributed by atoms with van der Waals surface area (Å²) in [6, 6.07) is 0. The van der Waals surface area contributed by atoms with Crippen LogP contribution in [-0.4, -0.2) is 21.9 Å². The first-order chi connectivity index (χ1) is 8.95. The summed E-state index contributed by atoms with van der Waals surface area (Å²) in [6.45, 7) is 11.8. The SMILES string of the molecule is CC1(C)C[C@@]2(C)C[C@@](O)(C1)[C@@]13CCC(C)(C)C[C@]1(C2)O3. The van der Waals surface area contributed by atoms with Crippen LogP contribution in [0.3, 0.4) is 0 Å². The summed E-state index contributed by atoms with van der Waals surface area (Å²) >= 11 is 0. The Bertz CT molecular complexity index is 478. The molecule has 2 bridgehead atoms. The maximum absolute atomic E-state index is 11.5. The first-order valence-corrected chi connectivity index (χ1v) is 8.37. The van der Waals surface area contributed by atoms with Crippen molar-refractivity contribution in [1.29, 1.82) is 0 Å². The van der Waals surface area contributed by atoms with Gasteiger partial charge in [-0.05, 0) is 61.2 Å². The predicted octanol–water partition coefficient (Wildman–Crippen LogP) is 4.06. The van der Waals surface area contributed by atoms with Crippen molar-refractivity contribution in [2.24, 2.45) is 16.2 Å². The van der Waals surface area contributed by atoms with Gasteiger partial charge in [-0.25, -0.2) is 0 Å². The molecule has 0 radical (unpaired) electrons. The van der Waals surface area contributed by atoms with Gasteiger partial charge in [-0.15, -0.1) is 0 Å². The fraction of sp³-hybridized carbons (Fsp3) is 1.00. The van der Waals surface area contributed by atoms with Crippen LogP contribution < -0.4 is 0 Å². The second kappa shape index (κ2) is 3.15. The average molecular weight is 278 g/mol. The van der Waals surface area contributed by atoms with E-state index in [9.17, 15) is 5.11 Å². The van der Waals surface area contributed by atoms with Gasteiger partial charge in [0.05, 0.1) is 5.60 Å². The van der Waals surface area contributed by atoms with E-state index in [1.54, 1.807) is 0 Å². The predicted molar refractivity (Wildman–Crippen MR) is 79.5 cm³/mol. The molecule has 0 amide bonds. The van der Waals surface area contributed by atoms with E-state index >= 15 is 0 Å². The maximum atomic E-state index is 11.5. The third-order valence-corrected chi connectivity index (χ3v) is 6.84. The van der Waals surface area contributed by atoms with E-state index in [4.69, 9.17) is 4.74 Å². The Morgan fingerprint density at radius 1 is 0.750 bits per heavy atom. The molecule has 0 unspecified atom stereocenters. The van der Waals surface area contributed by atoms with E-state index in [-0.39, 0.29) is 22.0 Å². The Kier molecular flexibility index (Phi) is 2.14. The first-order valence-electron chi connectivity index (χ1n) is 8.37. The normalized spacial score (nSPS) is 58.5. The van der Waals surface area contributed by atoms with Crippen LogP contribution in [0.2, 0.25) is 0 Å². The molecule has 2 nitrogen and oxygen atoms in total. The van der Waals surface area contributed by atoms with Gasteiger partial charge in [0.15, 0.2) is 0 Å². The van der Waals surface area contributed by atoms with Crippen LogP contribution in [0.5, 0.6) is 0 Å². The zero-order valence-electron chi connectivity index (χ0n) is 13.8. The fourth-order valence-electron chi connectivity index (χ4n) is 7.08. The van der Waals surface area contributed by atoms with Crippen molar-refractivity contribution in [3.05, 3.63) is 0 Å². The number of fused-ring (bicyclic) bond motifs is 2. The minimum atomic E-state index is -0.585. The zero-order chi connectivity index (χ0) is 14.7. The zero-order valence-corrected chi connectivity index (χ0v) is 13.8. The molecule has 0 aromatic rings. The van der Waals surface area contributed by atoms with Crippen molar-refractivity contribution in [3.63, 3.8) is 0 Å². The van der Waals surface area contributed by atoms with Gasteiger partial charge in [0.25, 0.3) is 0 Å². The number of epoxide rings is 1. The maximum Gasteiger partial charge on any atom is 0.127 e. The molecule has 0 spiro atoms. The summed E-state index contributed by atoms with van der Waals surface area (Å²) < 4.78 is 6.48. The van der Waals surface area contributed by atoms with Gasteiger partial charge in [-0.1, -0.05) is 34.6 Å². The molecule has 4 fully saturated rings. The average Bonchev–Trinajstić information content (AvgIpc) is 2.79. The van der Waals surface area contributed by atoms with Gasteiger partial charge in [0, 0.05) is 0 Å². The lowest BCUT2D eigenvalue weighted by Gasteiger charge is -2.59. The lowest BCUT2D eigenvalue weighted by Crippen LogP contribution is -2.64. The largest absolute Gasteiger partial charge is 0.387 e. The monoisotopic (exact) mass is 278 g/mol. The Hall–Kier alpha value is -0.0800. The summed E-state index contributed by atoms with van der Waals surface area (Å²) in [4.78, 5) is 0. The molecule has 1 saturated heterocycles. The molecule has 3 saturated carbocycles. The fourth-order valence-corrected chi connectivity index (χ4v) is 7.08. The van der Waals surface area contributed by atoms with Crippen LogP contribution in [0.4, 0.5) is 0 Å². The third kappa shape index (κ3) is 1.48. The molecule has 4 atom stereocenters. The van der Waals surface area contributed by atoms with E-state index in [0.717, 1.165) is 32.1 Å². The van der Waals surface area contributed by atoms with E-state index in [0.29, 0.717) is 5.41 Å². The highest BCUT2D eigenvalue weighted by Gasteiger charge is 2.84. The number of ether oxygens (including phenoxy) is 1. The van der Waals surface area contributed by atoms with Crippen LogP contribution in [0.25, 0.3) is 0 Å². The van der Waals surface area contributed by atoms with Gasteiger partial charge >= 0.3 is 0 Å². The molecule has 1 aliphatic heterocycles. The molecule has 20 heavy (non-hydrogen) atoms. The molecule has 4 aliphatic rings. The lowest BCUT2D eigenvalue weighted by molar-refractivity contribution is -0.160. The highest BCUT2D eigenvalue weighted by Crippen LogP contribution is 2.77. The number of aliphatic hydroxyl groups is 1. The van der Waals surface area contributed by atoms with Crippen molar-refractivity contribution >= 4 is 0 Å². The van der Waals surface area contributed by atoms with Gasteiger partial charge in [-0.2, -0.15) is 0 Å². The highest BCUT2D eigenvalue weighted by molar-refractivity contribution is 5.34. The topological polar surface area (TPSA) is 32.8 Å². The molecule has 0 aromatic carbocycles. The molecular formula is C18H30O2. The molecule has 0 aromatic heterocycles. The molecule has 114 valence electrons. The number of hydrogen-bond acceptors (Lipinski definition) is 2. The second-order valence-corrected chi connectivity index (χ2v) is 10.5. The quantitative estimate of drug-likeness (QED) is 0.678. The van der Waals surface area contributed by atoms with Gasteiger partial charge in [0.1, 0.15) is 11.2 Å². The third-order valence-electron chi connectivity index (χ3n) is 6.84. The summed E-state index contributed by atoms with van der Waals surface area (Å²) in [5, 5.41) is 11.5. The summed E-state index contributed by atoms with van der Waals surface area (Å²) in [5.41, 5.74) is 0.0668. The van der Waals surface area contributed by atoms with Crippen molar-refractivity contribution in [3.8, 4) is 0 Å². The molecular weight excluding hydrogens is 248 g/mol. The Balaban J connectivity index is 1.78. The van der Waals surface area contributed by atoms with E-state index in [2.05, 4.69) is 34.6 Å². The van der Waals surface area contributed by atoms with Crippen LogP contribution in [-0.2, 0) is 4.74 Å². The Labute approximate surface area is 123 Å². The smallest absolute Gasteiger partial charge is 0.127 e. The molecule has 1 heterocycles. The highest BCUT2D eigenvalue weighted by atomic mass is 16.6. The van der Waals surface area contributed by atoms with Crippen LogP contribution in [0.1, 0.15) is 79.6 Å². The summed E-state index contributed by atoms with van der Waals surface area (Å²) in [5.74, 6) is 0. The summed E-state index contributed by atoms with van der Waals surface area (Å²) in [6.07, 6.45) is 7.64. The minimum absolute atomic E-state index is 0.00694. The van der Waals surface area contributed by atoms with Crippen molar-refractivity contribution in [2.75, 3.05) is 0 Å². The number of rotatable bonds is 0. The Morgan fingerprint density at radius 3 is 2.15 bits per heavy atom. The minimum Gasteiger partial charge on any atom is -0.387 e. The van der Waals surface area contributed by atoms with E-state index < -0.39 is 5.60 Å². The van der Waals surface area contributed by atoms with Gasteiger partial charge in [-0.3, -0.25) is 0 Å². The van der Waals surface area contributed by atoms with Crippen molar-refractivity contribution in [2.45, 2.75) is 96.4 Å². The lowest BCUT2D eigenvalue weighted by atomic mass is 9.45. The van der Waals surface area contributed by atoms with Gasteiger partial charge < -0.3 is 9.84 Å². The first kappa shape index (κ1) is 13.6. The molecule has 3 aliphatic carbocycles. The van der Waals surface area contributed by atoms with E-state index in [1.165, 1.54) is 12.8 Å². The van der Waals surface area contributed by atoms with Crippen molar-refractivity contribution < 1.29 is 9.84 Å². The number of hydrogen-bond donors (Lipinski definition) is 1. The van der Waals surface area contributed by atoms with Crippen LogP contribution >= 0.6 is 0 Å². The van der Waals surface area contributed by atoms with Gasteiger partial charge in [0.2, 0.25) is 0 Å². The van der Waals surface area contributed by atoms with Crippen LogP contribution in [0, 0.1) is 16.2 Å². The van der Waals surface area contributed by atoms with Crippen LogP contribution in [0.15, 0.2) is 0 Å². The molecule has 2 heteroatoms. The summed E-state index contributed by atoms with van der Waals surface area (Å²) in [7, 11) is 0. The molecule has 4 rings (SSSR count).